The molecule has 1 aromatic heterocycles. The van der Waals surface area contributed by atoms with E-state index in [1.807, 2.05) is 0 Å². The highest BCUT2D eigenvalue weighted by atomic mass is 32.2. The standard InChI is InChI=1S/C13H15N3O4S/c1-9-7-10(13(17)18)4-6-16(9)21(19,20)12-3-2-5-15-11(12)8-14/h2-3,5,9-10H,4,6-7H2,1H3,(H,17,18). The Labute approximate surface area is 122 Å². The van der Waals surface area contributed by atoms with Crippen molar-refractivity contribution in [3.63, 3.8) is 0 Å². The molecule has 0 radical (unpaired) electrons. The molecule has 0 spiro atoms. The third kappa shape index (κ3) is 2.89. The molecule has 0 aliphatic carbocycles. The lowest BCUT2D eigenvalue weighted by atomic mass is 9.93. The van der Waals surface area contributed by atoms with E-state index in [0.717, 1.165) is 0 Å². The zero-order valence-electron chi connectivity index (χ0n) is 11.4. The maximum Gasteiger partial charge on any atom is 0.306 e. The third-order valence-electron chi connectivity index (χ3n) is 3.63. The van der Waals surface area contributed by atoms with Crippen LogP contribution in [0.1, 0.15) is 25.5 Å². The van der Waals surface area contributed by atoms with Crippen molar-refractivity contribution >= 4 is 16.0 Å². The number of pyridine rings is 1. The van der Waals surface area contributed by atoms with Gasteiger partial charge in [-0.1, -0.05) is 0 Å². The molecular formula is C13H15N3O4S. The van der Waals surface area contributed by atoms with Gasteiger partial charge in [0.15, 0.2) is 5.69 Å². The van der Waals surface area contributed by atoms with E-state index in [1.54, 1.807) is 13.0 Å². The summed E-state index contributed by atoms with van der Waals surface area (Å²) >= 11 is 0. The SMILES string of the molecule is CC1CC(C(=O)O)CCN1S(=O)(=O)c1cccnc1C#N. The predicted molar refractivity (Wildman–Crippen MR) is 72.7 cm³/mol. The Morgan fingerprint density at radius 2 is 2.29 bits per heavy atom. The molecule has 1 aromatic rings. The van der Waals surface area contributed by atoms with E-state index < -0.39 is 28.0 Å². The van der Waals surface area contributed by atoms with E-state index in [0.29, 0.717) is 0 Å². The van der Waals surface area contributed by atoms with Crippen LogP contribution in [0.4, 0.5) is 0 Å². The molecule has 2 rings (SSSR count). The molecule has 7 nitrogen and oxygen atoms in total. The largest absolute Gasteiger partial charge is 0.481 e. The van der Waals surface area contributed by atoms with Crippen LogP contribution >= 0.6 is 0 Å². The molecule has 1 fully saturated rings. The molecular weight excluding hydrogens is 294 g/mol. The fraction of sp³-hybridized carbons (Fsp3) is 0.462. The molecule has 1 aliphatic rings. The lowest BCUT2D eigenvalue weighted by Crippen LogP contribution is -2.46. The zero-order chi connectivity index (χ0) is 15.6. The molecule has 1 saturated heterocycles. The summed E-state index contributed by atoms with van der Waals surface area (Å²) in [4.78, 5) is 14.6. The molecule has 0 saturated carbocycles. The van der Waals surface area contributed by atoms with Gasteiger partial charge in [-0.15, -0.1) is 0 Å². The second-order valence-electron chi connectivity index (χ2n) is 4.99. The smallest absolute Gasteiger partial charge is 0.306 e. The summed E-state index contributed by atoms with van der Waals surface area (Å²) in [6.45, 7) is 1.80. The van der Waals surface area contributed by atoms with Crippen LogP contribution in [0, 0.1) is 17.2 Å². The molecule has 0 aromatic carbocycles. The van der Waals surface area contributed by atoms with Crippen molar-refractivity contribution in [1.29, 1.82) is 5.26 Å². The van der Waals surface area contributed by atoms with Crippen LogP contribution in [0.25, 0.3) is 0 Å². The van der Waals surface area contributed by atoms with Gasteiger partial charge >= 0.3 is 5.97 Å². The third-order valence-corrected chi connectivity index (χ3v) is 5.67. The van der Waals surface area contributed by atoms with Crippen molar-refractivity contribution in [3.05, 3.63) is 24.0 Å². The van der Waals surface area contributed by atoms with Gasteiger partial charge in [-0.05, 0) is 31.9 Å². The number of rotatable bonds is 3. The lowest BCUT2D eigenvalue weighted by Gasteiger charge is -2.35. The van der Waals surface area contributed by atoms with Gasteiger partial charge < -0.3 is 5.11 Å². The monoisotopic (exact) mass is 309 g/mol. The first-order valence-electron chi connectivity index (χ1n) is 6.47. The Bertz CT molecular complexity index is 696. The Morgan fingerprint density at radius 3 is 2.86 bits per heavy atom. The van der Waals surface area contributed by atoms with Crippen molar-refractivity contribution < 1.29 is 18.3 Å². The highest BCUT2D eigenvalue weighted by Gasteiger charge is 2.37. The van der Waals surface area contributed by atoms with Crippen LogP contribution in [0.15, 0.2) is 23.2 Å². The Balaban J connectivity index is 2.33. The van der Waals surface area contributed by atoms with Crippen molar-refractivity contribution in [2.75, 3.05) is 6.54 Å². The quantitative estimate of drug-likeness (QED) is 0.885. The van der Waals surface area contributed by atoms with Gasteiger partial charge in [-0.2, -0.15) is 9.57 Å². The van der Waals surface area contributed by atoms with Crippen molar-refractivity contribution in [2.24, 2.45) is 5.92 Å². The molecule has 21 heavy (non-hydrogen) atoms. The van der Waals surface area contributed by atoms with Crippen LogP contribution < -0.4 is 0 Å². The minimum atomic E-state index is -3.85. The topological polar surface area (TPSA) is 111 Å². The molecule has 112 valence electrons. The number of aromatic nitrogens is 1. The minimum absolute atomic E-state index is 0.125. The Morgan fingerprint density at radius 1 is 1.57 bits per heavy atom. The number of carboxylic acid groups (broad SMARTS) is 1. The van der Waals surface area contributed by atoms with Gasteiger partial charge in [0, 0.05) is 18.8 Å². The summed E-state index contributed by atoms with van der Waals surface area (Å²) in [5.74, 6) is -1.44. The maximum absolute atomic E-state index is 12.6. The number of carboxylic acids is 1. The van der Waals surface area contributed by atoms with E-state index in [4.69, 9.17) is 10.4 Å². The summed E-state index contributed by atoms with van der Waals surface area (Å²) in [6.07, 6.45) is 1.88. The number of piperidine rings is 1. The molecule has 0 bridgehead atoms. The first-order chi connectivity index (χ1) is 9.87. The number of nitrogens with zero attached hydrogens (tertiary/aromatic N) is 3. The second-order valence-corrected chi connectivity index (χ2v) is 6.85. The fourth-order valence-corrected chi connectivity index (χ4v) is 4.29. The first kappa shape index (κ1) is 15.4. The average Bonchev–Trinajstić information content (AvgIpc) is 2.46. The van der Waals surface area contributed by atoms with E-state index >= 15 is 0 Å². The van der Waals surface area contributed by atoms with E-state index in [1.165, 1.54) is 22.6 Å². The van der Waals surface area contributed by atoms with Crippen molar-refractivity contribution in [2.45, 2.75) is 30.7 Å². The van der Waals surface area contributed by atoms with Gasteiger partial charge in [-0.25, -0.2) is 13.4 Å². The van der Waals surface area contributed by atoms with Crippen molar-refractivity contribution in [1.82, 2.24) is 9.29 Å². The van der Waals surface area contributed by atoms with Gasteiger partial charge in [-0.3, -0.25) is 4.79 Å². The molecule has 1 N–H and O–H groups in total. The maximum atomic E-state index is 12.6. The number of hydrogen-bond acceptors (Lipinski definition) is 5. The lowest BCUT2D eigenvalue weighted by molar-refractivity contribution is -0.143. The molecule has 2 atom stereocenters. The Hall–Kier alpha value is -1.98. The second kappa shape index (κ2) is 5.79. The van der Waals surface area contributed by atoms with Gasteiger partial charge in [0.1, 0.15) is 11.0 Å². The molecule has 8 heteroatoms. The number of carbonyl (C=O) groups is 1. The van der Waals surface area contributed by atoms with E-state index in [2.05, 4.69) is 4.98 Å². The van der Waals surface area contributed by atoms with Gasteiger partial charge in [0.25, 0.3) is 0 Å². The molecule has 2 unspecified atom stereocenters. The highest BCUT2D eigenvalue weighted by Crippen LogP contribution is 2.29. The number of nitriles is 1. The van der Waals surface area contributed by atoms with Crippen molar-refractivity contribution in [3.8, 4) is 6.07 Å². The van der Waals surface area contributed by atoms with Crippen LogP contribution in [-0.4, -0.2) is 41.4 Å². The number of hydrogen-bond donors (Lipinski definition) is 1. The molecule has 1 aliphatic heterocycles. The summed E-state index contributed by atoms with van der Waals surface area (Å²) in [7, 11) is -3.85. The summed E-state index contributed by atoms with van der Waals surface area (Å²) in [5, 5.41) is 18.0. The number of aliphatic carboxylic acids is 1. The van der Waals surface area contributed by atoms with Crippen LogP contribution in [0.2, 0.25) is 0 Å². The fourth-order valence-electron chi connectivity index (χ4n) is 2.54. The van der Waals surface area contributed by atoms with Crippen LogP contribution in [0.5, 0.6) is 0 Å². The van der Waals surface area contributed by atoms with E-state index in [-0.39, 0.29) is 30.0 Å². The minimum Gasteiger partial charge on any atom is -0.481 e. The Kier molecular flexibility index (Phi) is 4.25. The normalized spacial score (nSPS) is 23.4. The molecule has 0 amide bonds. The van der Waals surface area contributed by atoms with E-state index in [9.17, 15) is 13.2 Å². The highest BCUT2D eigenvalue weighted by molar-refractivity contribution is 7.89. The average molecular weight is 309 g/mol. The van der Waals surface area contributed by atoms with Gasteiger partial charge in [0.2, 0.25) is 10.0 Å². The van der Waals surface area contributed by atoms with Crippen LogP contribution in [0.3, 0.4) is 0 Å². The summed E-state index contributed by atoms with van der Waals surface area (Å²) < 4.78 is 26.5. The molecule has 2 heterocycles. The first-order valence-corrected chi connectivity index (χ1v) is 7.91. The summed E-state index contributed by atoms with van der Waals surface area (Å²) in [5.41, 5.74) is -0.148. The summed E-state index contributed by atoms with van der Waals surface area (Å²) in [6, 6.07) is 4.14. The number of sulfonamides is 1. The zero-order valence-corrected chi connectivity index (χ0v) is 12.2. The predicted octanol–water partition coefficient (Wildman–Crippen LogP) is 0.827. The van der Waals surface area contributed by atoms with Crippen LogP contribution in [-0.2, 0) is 14.8 Å². The van der Waals surface area contributed by atoms with Gasteiger partial charge in [0.05, 0.1) is 5.92 Å².